The van der Waals surface area contributed by atoms with E-state index in [4.69, 9.17) is 4.74 Å². The number of carbonyl (C=O) groups excluding carboxylic acids is 2. The number of anilines is 1. The van der Waals surface area contributed by atoms with E-state index in [1.54, 1.807) is 37.3 Å². The maximum atomic E-state index is 14.2. The van der Waals surface area contributed by atoms with Gasteiger partial charge in [-0.2, -0.15) is 0 Å². The van der Waals surface area contributed by atoms with Crippen molar-refractivity contribution in [3.8, 4) is 5.75 Å². The molecule has 0 unspecified atom stereocenters. The van der Waals surface area contributed by atoms with Crippen LogP contribution in [0.2, 0.25) is 0 Å². The molecule has 1 atom stereocenters. The fourth-order valence-electron chi connectivity index (χ4n) is 5.17. The van der Waals surface area contributed by atoms with E-state index < -0.39 is 28.5 Å². The fourth-order valence-corrected chi connectivity index (χ4v) is 6.61. The molecule has 1 fully saturated rings. The molecule has 2 amide bonds. The van der Waals surface area contributed by atoms with Crippen LogP contribution in [0.4, 0.5) is 5.69 Å². The van der Waals surface area contributed by atoms with Gasteiger partial charge in [0.2, 0.25) is 11.8 Å². The minimum atomic E-state index is -4.17. The molecule has 0 aromatic heterocycles. The highest BCUT2D eigenvalue weighted by atomic mass is 32.2. The number of nitrogens with one attached hydrogen (secondary N) is 1. The van der Waals surface area contributed by atoms with Crippen molar-refractivity contribution in [2.24, 2.45) is 0 Å². The number of sulfonamides is 1. The molecule has 0 spiro atoms. The molecule has 3 aromatic rings. The van der Waals surface area contributed by atoms with Crippen LogP contribution in [0.3, 0.4) is 0 Å². The zero-order chi connectivity index (χ0) is 29.6. The number of hydrogen-bond donors (Lipinski definition) is 1. The van der Waals surface area contributed by atoms with Gasteiger partial charge >= 0.3 is 0 Å². The normalized spacial score (nSPS) is 14.3. The summed E-state index contributed by atoms with van der Waals surface area (Å²) in [5.41, 5.74) is 2.92. The highest BCUT2D eigenvalue weighted by Gasteiger charge is 2.34. The largest absolute Gasteiger partial charge is 0.495 e. The Morgan fingerprint density at radius 1 is 0.976 bits per heavy atom. The molecule has 3 aromatic carbocycles. The number of hydrogen-bond acceptors (Lipinski definition) is 5. The lowest BCUT2D eigenvalue weighted by atomic mass is 10.1. The lowest BCUT2D eigenvalue weighted by molar-refractivity contribution is -0.139. The van der Waals surface area contributed by atoms with Crippen LogP contribution >= 0.6 is 0 Å². The summed E-state index contributed by atoms with van der Waals surface area (Å²) in [6, 6.07) is 20.1. The van der Waals surface area contributed by atoms with E-state index in [0.717, 1.165) is 46.7 Å². The molecule has 9 heteroatoms. The van der Waals surface area contributed by atoms with Crippen LogP contribution < -0.4 is 14.4 Å². The van der Waals surface area contributed by atoms with E-state index in [2.05, 4.69) is 5.32 Å². The first-order valence-corrected chi connectivity index (χ1v) is 15.4. The molecule has 1 saturated carbocycles. The maximum Gasteiger partial charge on any atom is 0.264 e. The molecule has 1 aliphatic carbocycles. The zero-order valence-electron chi connectivity index (χ0n) is 24.2. The van der Waals surface area contributed by atoms with Gasteiger partial charge in [-0.25, -0.2) is 8.42 Å². The van der Waals surface area contributed by atoms with Gasteiger partial charge in [0.05, 0.1) is 17.7 Å². The first kappa shape index (κ1) is 30.1. The molecule has 4 rings (SSSR count). The highest BCUT2D eigenvalue weighted by molar-refractivity contribution is 7.92. The molecule has 41 heavy (non-hydrogen) atoms. The van der Waals surface area contributed by atoms with Crippen LogP contribution in [0.1, 0.15) is 49.3 Å². The van der Waals surface area contributed by atoms with Crippen molar-refractivity contribution >= 4 is 27.5 Å². The number of ether oxygens (including phenoxy) is 1. The van der Waals surface area contributed by atoms with E-state index in [1.165, 1.54) is 24.1 Å². The second-order valence-electron chi connectivity index (χ2n) is 10.6. The molecule has 0 radical (unpaired) electrons. The monoisotopic (exact) mass is 577 g/mol. The van der Waals surface area contributed by atoms with Crippen LogP contribution in [0, 0.1) is 13.8 Å². The molecule has 1 aliphatic rings. The van der Waals surface area contributed by atoms with E-state index in [0.29, 0.717) is 5.75 Å². The number of aryl methyl sites for hydroxylation is 2. The number of benzene rings is 3. The smallest absolute Gasteiger partial charge is 0.264 e. The predicted octanol–water partition coefficient (Wildman–Crippen LogP) is 4.98. The van der Waals surface area contributed by atoms with Crippen molar-refractivity contribution in [1.82, 2.24) is 10.2 Å². The van der Waals surface area contributed by atoms with E-state index in [-0.39, 0.29) is 29.1 Å². The standard InChI is InChI=1S/C32H39N3O5S/c1-23-18-19-30(40-4)29(20-23)35(41(38,39)28-16-6-5-7-17-28)22-31(36)34(21-26-13-9-8-12-24(26)2)25(3)32(37)33-27-14-10-11-15-27/h5-9,12-13,16-20,25,27H,10-11,14-15,21-22H2,1-4H3,(H,33,37)/t25-/m0/s1. The van der Waals surface area contributed by atoms with Gasteiger partial charge in [-0.3, -0.25) is 13.9 Å². The van der Waals surface area contributed by atoms with Crippen molar-refractivity contribution in [2.75, 3.05) is 18.0 Å². The Morgan fingerprint density at radius 2 is 1.63 bits per heavy atom. The van der Waals surface area contributed by atoms with Crippen LogP contribution in [0.15, 0.2) is 77.7 Å². The fraction of sp³-hybridized carbons (Fsp3) is 0.375. The second-order valence-corrected chi connectivity index (χ2v) is 12.5. The third-order valence-corrected chi connectivity index (χ3v) is 9.46. The molecule has 8 nitrogen and oxygen atoms in total. The van der Waals surface area contributed by atoms with Crippen LogP contribution in [-0.2, 0) is 26.2 Å². The van der Waals surface area contributed by atoms with Crippen molar-refractivity contribution < 1.29 is 22.7 Å². The minimum Gasteiger partial charge on any atom is -0.495 e. The summed E-state index contributed by atoms with van der Waals surface area (Å²) in [5.74, 6) is -0.421. The highest BCUT2D eigenvalue weighted by Crippen LogP contribution is 2.34. The summed E-state index contributed by atoms with van der Waals surface area (Å²) in [4.78, 5) is 29.1. The van der Waals surface area contributed by atoms with Gasteiger partial charge in [-0.05, 0) is 74.6 Å². The lowest BCUT2D eigenvalue weighted by Gasteiger charge is -2.33. The number of methoxy groups -OCH3 is 1. The Bertz CT molecular complexity index is 1470. The van der Waals surface area contributed by atoms with Gasteiger partial charge in [0.15, 0.2) is 0 Å². The van der Waals surface area contributed by atoms with Crippen LogP contribution in [-0.4, -0.2) is 50.9 Å². The number of amides is 2. The van der Waals surface area contributed by atoms with E-state index in [9.17, 15) is 18.0 Å². The Kier molecular flexibility index (Phi) is 9.70. The van der Waals surface area contributed by atoms with Gasteiger partial charge in [0.1, 0.15) is 18.3 Å². The summed E-state index contributed by atoms with van der Waals surface area (Å²) >= 11 is 0. The van der Waals surface area contributed by atoms with Gasteiger partial charge in [0.25, 0.3) is 10.0 Å². The molecule has 0 heterocycles. The maximum absolute atomic E-state index is 14.2. The first-order valence-electron chi connectivity index (χ1n) is 14.0. The number of nitrogens with zero attached hydrogens (tertiary/aromatic N) is 2. The topological polar surface area (TPSA) is 96.0 Å². The number of rotatable bonds is 11. The van der Waals surface area contributed by atoms with Crippen molar-refractivity contribution in [3.05, 3.63) is 89.5 Å². The number of carbonyl (C=O) groups is 2. The van der Waals surface area contributed by atoms with Gasteiger partial charge in [-0.1, -0.05) is 61.4 Å². The summed E-state index contributed by atoms with van der Waals surface area (Å²) in [5, 5.41) is 3.10. The lowest BCUT2D eigenvalue weighted by Crippen LogP contribution is -2.52. The van der Waals surface area contributed by atoms with Gasteiger partial charge in [-0.15, -0.1) is 0 Å². The molecule has 0 saturated heterocycles. The summed E-state index contributed by atoms with van der Waals surface area (Å²) < 4.78 is 34.7. The summed E-state index contributed by atoms with van der Waals surface area (Å²) in [6.07, 6.45) is 3.96. The van der Waals surface area contributed by atoms with Crippen molar-refractivity contribution in [3.63, 3.8) is 0 Å². The predicted molar refractivity (Wildman–Crippen MR) is 160 cm³/mol. The zero-order valence-corrected chi connectivity index (χ0v) is 25.0. The van der Waals surface area contributed by atoms with E-state index >= 15 is 0 Å². The van der Waals surface area contributed by atoms with Crippen LogP contribution in [0.5, 0.6) is 5.75 Å². The SMILES string of the molecule is COc1ccc(C)cc1N(CC(=O)N(Cc1ccccc1C)[C@@H](C)C(=O)NC1CCCC1)S(=O)(=O)c1ccccc1. The molecular weight excluding hydrogens is 538 g/mol. The Labute approximate surface area is 243 Å². The molecule has 0 aliphatic heterocycles. The summed E-state index contributed by atoms with van der Waals surface area (Å²) in [6.45, 7) is 5.14. The average Bonchev–Trinajstić information content (AvgIpc) is 3.48. The quantitative estimate of drug-likeness (QED) is 0.347. The third kappa shape index (κ3) is 7.08. The Balaban J connectivity index is 1.74. The average molecular weight is 578 g/mol. The first-order chi connectivity index (χ1) is 19.6. The van der Waals surface area contributed by atoms with Crippen molar-refractivity contribution in [1.29, 1.82) is 0 Å². The second kappa shape index (κ2) is 13.2. The van der Waals surface area contributed by atoms with Crippen LogP contribution in [0.25, 0.3) is 0 Å². The van der Waals surface area contributed by atoms with E-state index in [1.807, 2.05) is 44.2 Å². The Hall–Kier alpha value is -3.85. The summed E-state index contributed by atoms with van der Waals surface area (Å²) in [7, 11) is -2.71. The van der Waals surface area contributed by atoms with Crippen molar-refractivity contribution in [2.45, 2.75) is 70.0 Å². The third-order valence-electron chi connectivity index (χ3n) is 7.68. The minimum absolute atomic E-state index is 0.0498. The van der Waals surface area contributed by atoms with Gasteiger partial charge in [0, 0.05) is 12.6 Å². The molecule has 218 valence electrons. The molecule has 0 bridgehead atoms. The molecular formula is C32H39N3O5S. The Morgan fingerprint density at radius 3 is 2.29 bits per heavy atom. The van der Waals surface area contributed by atoms with Gasteiger partial charge < -0.3 is 15.0 Å². The molecule has 1 N–H and O–H groups in total.